The van der Waals surface area contributed by atoms with E-state index in [1.54, 1.807) is 12.1 Å². The molecule has 3 rings (SSSR count). The van der Waals surface area contributed by atoms with E-state index in [2.05, 4.69) is 12.2 Å². The Morgan fingerprint density at radius 2 is 1.62 bits per heavy atom. The van der Waals surface area contributed by atoms with Crippen LogP contribution in [0.1, 0.15) is 35.7 Å². The van der Waals surface area contributed by atoms with E-state index in [9.17, 15) is 4.79 Å². The molecule has 0 saturated carbocycles. The molecule has 0 atom stereocenters. The summed E-state index contributed by atoms with van der Waals surface area (Å²) in [5, 5.41) is 3.35. The maximum Gasteiger partial charge on any atom is 0.340 e. The second-order valence-electron chi connectivity index (χ2n) is 6.77. The van der Waals surface area contributed by atoms with Crippen LogP contribution in [0.15, 0.2) is 78.9 Å². The highest BCUT2D eigenvalue weighted by molar-refractivity contribution is 5.96. The number of rotatable bonds is 10. The van der Waals surface area contributed by atoms with Crippen molar-refractivity contribution in [1.29, 1.82) is 0 Å². The van der Waals surface area contributed by atoms with Crippen molar-refractivity contribution in [2.45, 2.75) is 26.2 Å². The van der Waals surface area contributed by atoms with Gasteiger partial charge < -0.3 is 14.8 Å². The van der Waals surface area contributed by atoms with Gasteiger partial charge in [-0.1, -0.05) is 61.9 Å². The summed E-state index contributed by atoms with van der Waals surface area (Å²) >= 11 is 0. The number of carbonyl (C=O) groups is 1. The number of nitrogens with one attached hydrogen (secondary N) is 1. The molecule has 3 aromatic rings. The number of benzene rings is 3. The normalized spacial score (nSPS) is 10.4. The molecule has 0 aromatic heterocycles. The molecule has 0 heterocycles. The highest BCUT2D eigenvalue weighted by atomic mass is 16.5. The van der Waals surface area contributed by atoms with Gasteiger partial charge in [-0.2, -0.15) is 0 Å². The largest absolute Gasteiger partial charge is 0.462 e. The molecule has 4 heteroatoms. The highest BCUT2D eigenvalue weighted by Crippen LogP contribution is 2.27. The third-order valence-electron chi connectivity index (χ3n) is 4.50. The molecule has 0 aliphatic carbocycles. The minimum atomic E-state index is -0.328. The molecule has 0 aliphatic rings. The quantitative estimate of drug-likeness (QED) is 0.337. The summed E-state index contributed by atoms with van der Waals surface area (Å²) in [6.45, 7) is 3.27. The predicted octanol–water partition coefficient (Wildman–Crippen LogP) is 6.09. The van der Waals surface area contributed by atoms with Gasteiger partial charge in [-0.05, 0) is 36.2 Å². The summed E-state index contributed by atoms with van der Waals surface area (Å²) in [5.74, 6) is 1.10. The number of hydrogen-bond donors (Lipinski definition) is 1. The molecular weight excluding hydrogens is 362 g/mol. The summed E-state index contributed by atoms with van der Waals surface area (Å²) in [6.07, 6.45) is 2.79. The lowest BCUT2D eigenvalue weighted by Gasteiger charge is -2.14. The maximum atomic E-state index is 12.7. The van der Waals surface area contributed by atoms with Crippen molar-refractivity contribution in [3.63, 3.8) is 0 Å². The topological polar surface area (TPSA) is 47.6 Å². The Kier molecular flexibility index (Phi) is 7.70. The van der Waals surface area contributed by atoms with Gasteiger partial charge in [0.2, 0.25) is 0 Å². The van der Waals surface area contributed by atoms with E-state index in [1.165, 1.54) is 0 Å². The minimum absolute atomic E-state index is 0.328. The summed E-state index contributed by atoms with van der Waals surface area (Å²) in [4.78, 5) is 12.7. The van der Waals surface area contributed by atoms with Gasteiger partial charge in [-0.25, -0.2) is 4.79 Å². The van der Waals surface area contributed by atoms with Crippen LogP contribution in [0.2, 0.25) is 0 Å². The van der Waals surface area contributed by atoms with Crippen LogP contribution in [-0.4, -0.2) is 19.1 Å². The molecule has 0 radical (unpaired) electrons. The van der Waals surface area contributed by atoms with Crippen LogP contribution in [0.5, 0.6) is 11.5 Å². The number of unbranched alkanes of at least 4 members (excludes halogenated alkanes) is 1. The molecule has 0 unspecified atom stereocenters. The van der Waals surface area contributed by atoms with E-state index >= 15 is 0 Å². The second kappa shape index (κ2) is 10.9. The first kappa shape index (κ1) is 20.5. The summed E-state index contributed by atoms with van der Waals surface area (Å²) in [7, 11) is 0. The number of carbonyl (C=O) groups excluding carboxylic acids is 1. The van der Waals surface area contributed by atoms with E-state index in [-0.39, 0.29) is 5.97 Å². The molecule has 0 fully saturated rings. The predicted molar refractivity (Wildman–Crippen MR) is 117 cm³/mol. The zero-order valence-corrected chi connectivity index (χ0v) is 16.8. The number of ether oxygens (including phenoxy) is 2. The monoisotopic (exact) mass is 389 g/mol. The molecule has 0 aliphatic heterocycles. The minimum Gasteiger partial charge on any atom is -0.462 e. The van der Waals surface area contributed by atoms with Gasteiger partial charge >= 0.3 is 5.97 Å². The molecular formula is C25H27NO3. The molecule has 29 heavy (non-hydrogen) atoms. The zero-order valence-electron chi connectivity index (χ0n) is 16.8. The van der Waals surface area contributed by atoms with Gasteiger partial charge in [-0.3, -0.25) is 0 Å². The van der Waals surface area contributed by atoms with Crippen molar-refractivity contribution in [1.82, 2.24) is 0 Å². The molecule has 1 N–H and O–H groups in total. The third kappa shape index (κ3) is 6.39. The fraction of sp³-hybridized carbons (Fsp3) is 0.240. The lowest BCUT2D eigenvalue weighted by Crippen LogP contribution is -2.12. The van der Waals surface area contributed by atoms with E-state index in [4.69, 9.17) is 9.47 Å². The SMILES string of the molecule is CCCCNc1cc(Oc2ccccc2)ccc1C(=O)OCCc1ccccc1. The standard InChI is InChI=1S/C25H27NO3/c1-2-3-17-26-24-19-22(29-21-12-8-5-9-13-21)14-15-23(24)25(27)28-18-16-20-10-6-4-7-11-20/h4-15,19,26H,2-3,16-18H2,1H3. The molecule has 0 saturated heterocycles. The summed E-state index contributed by atoms with van der Waals surface area (Å²) in [5.41, 5.74) is 2.40. The average molecular weight is 389 g/mol. The number of esters is 1. The Labute approximate surface area is 172 Å². The van der Waals surface area contributed by atoms with Crippen molar-refractivity contribution in [2.24, 2.45) is 0 Å². The highest BCUT2D eigenvalue weighted by Gasteiger charge is 2.14. The number of anilines is 1. The van der Waals surface area contributed by atoms with Crippen LogP contribution in [0.3, 0.4) is 0 Å². The van der Waals surface area contributed by atoms with E-state index < -0.39 is 0 Å². The Bertz CT molecular complexity index is 894. The summed E-state index contributed by atoms with van der Waals surface area (Å²) in [6, 6.07) is 25.0. The van der Waals surface area contributed by atoms with Gasteiger partial charge in [0.15, 0.2) is 0 Å². The fourth-order valence-corrected chi connectivity index (χ4v) is 2.92. The average Bonchev–Trinajstić information content (AvgIpc) is 2.75. The van der Waals surface area contributed by atoms with Gasteiger partial charge in [-0.15, -0.1) is 0 Å². The maximum absolute atomic E-state index is 12.7. The fourth-order valence-electron chi connectivity index (χ4n) is 2.92. The van der Waals surface area contributed by atoms with E-state index in [1.807, 2.05) is 66.7 Å². The van der Waals surface area contributed by atoms with E-state index in [0.29, 0.717) is 24.3 Å². The van der Waals surface area contributed by atoms with Crippen LogP contribution < -0.4 is 10.1 Å². The Morgan fingerprint density at radius 1 is 0.897 bits per heavy atom. The first-order valence-corrected chi connectivity index (χ1v) is 10.1. The lowest BCUT2D eigenvalue weighted by atomic mass is 10.1. The Balaban J connectivity index is 1.68. The third-order valence-corrected chi connectivity index (χ3v) is 4.50. The van der Waals surface area contributed by atoms with Crippen molar-refractivity contribution in [2.75, 3.05) is 18.5 Å². The molecule has 0 spiro atoms. The lowest BCUT2D eigenvalue weighted by molar-refractivity contribution is 0.0510. The molecule has 3 aromatic carbocycles. The van der Waals surface area contributed by atoms with Crippen LogP contribution >= 0.6 is 0 Å². The van der Waals surface area contributed by atoms with Gasteiger partial charge in [0.1, 0.15) is 11.5 Å². The molecule has 0 amide bonds. The summed E-state index contributed by atoms with van der Waals surface area (Å²) < 4.78 is 11.4. The first-order valence-electron chi connectivity index (χ1n) is 10.1. The van der Waals surface area contributed by atoms with E-state index in [0.717, 1.165) is 36.4 Å². The van der Waals surface area contributed by atoms with Gasteiger partial charge in [0.25, 0.3) is 0 Å². The van der Waals surface area contributed by atoms with Crippen molar-refractivity contribution in [3.05, 3.63) is 90.0 Å². The van der Waals surface area contributed by atoms with Gasteiger partial charge in [0.05, 0.1) is 17.9 Å². The Morgan fingerprint density at radius 3 is 2.34 bits per heavy atom. The molecule has 0 bridgehead atoms. The van der Waals surface area contributed by atoms with Crippen LogP contribution in [0, 0.1) is 0 Å². The van der Waals surface area contributed by atoms with Gasteiger partial charge in [0, 0.05) is 19.0 Å². The number of hydrogen-bond acceptors (Lipinski definition) is 4. The van der Waals surface area contributed by atoms with Crippen molar-refractivity contribution < 1.29 is 14.3 Å². The van der Waals surface area contributed by atoms with Crippen LogP contribution in [0.25, 0.3) is 0 Å². The van der Waals surface area contributed by atoms with Crippen molar-refractivity contribution in [3.8, 4) is 11.5 Å². The van der Waals surface area contributed by atoms with Crippen LogP contribution in [-0.2, 0) is 11.2 Å². The molecule has 4 nitrogen and oxygen atoms in total. The number of para-hydroxylation sites is 1. The van der Waals surface area contributed by atoms with Crippen LogP contribution in [0.4, 0.5) is 5.69 Å². The smallest absolute Gasteiger partial charge is 0.340 e. The van der Waals surface area contributed by atoms with Crippen molar-refractivity contribution >= 4 is 11.7 Å². The second-order valence-corrected chi connectivity index (χ2v) is 6.77. The first-order chi connectivity index (χ1) is 14.3. The molecule has 150 valence electrons. The zero-order chi connectivity index (χ0) is 20.3. The Hall–Kier alpha value is -3.27.